The van der Waals surface area contributed by atoms with Crippen molar-refractivity contribution in [1.82, 2.24) is 0 Å². The molecule has 0 amide bonds. The smallest absolute Gasteiger partial charge is 0.0638 e. The first kappa shape index (κ1) is 21.3. The van der Waals surface area contributed by atoms with E-state index < -0.39 is 0 Å². The highest BCUT2D eigenvalue weighted by molar-refractivity contribution is 5.26. The molecule has 0 N–H and O–H groups in total. The Morgan fingerprint density at radius 1 is 1.03 bits per heavy atom. The molecule has 0 aliphatic heterocycles. The number of hydrogen-bond acceptors (Lipinski definition) is 1. The summed E-state index contributed by atoms with van der Waals surface area (Å²) in [7, 11) is 2.02. The van der Waals surface area contributed by atoms with E-state index in [2.05, 4.69) is 53.3 Å². The third-order valence-corrected chi connectivity index (χ3v) is 12.0. The minimum atomic E-state index is 0.499. The van der Waals surface area contributed by atoms with Gasteiger partial charge in [0.1, 0.15) is 0 Å². The van der Waals surface area contributed by atoms with Gasteiger partial charge in [0.05, 0.1) is 6.10 Å². The molecule has 1 heteroatoms. The molecule has 0 bridgehead atoms. The second-order valence-electron chi connectivity index (χ2n) is 12.8. The summed E-state index contributed by atoms with van der Waals surface area (Å²) in [6.07, 6.45) is 17.1. The number of fused-ring (bicyclic) bond motifs is 4. The van der Waals surface area contributed by atoms with Crippen LogP contribution in [-0.2, 0) is 4.74 Å². The van der Waals surface area contributed by atoms with Crippen LogP contribution in [0.1, 0.15) is 86.0 Å². The van der Waals surface area contributed by atoms with Gasteiger partial charge in [-0.05, 0) is 111 Å². The molecular weight excluding hydrogens is 364 g/mol. The minimum Gasteiger partial charge on any atom is -0.381 e. The largest absolute Gasteiger partial charge is 0.381 e. The van der Waals surface area contributed by atoms with E-state index in [0.29, 0.717) is 34.2 Å². The third-order valence-electron chi connectivity index (χ3n) is 12.0. The molecule has 11 atom stereocenters. The molecule has 1 spiro atoms. The van der Waals surface area contributed by atoms with Crippen molar-refractivity contribution in [3.63, 3.8) is 0 Å². The summed E-state index contributed by atoms with van der Waals surface area (Å²) >= 11 is 0. The summed E-state index contributed by atoms with van der Waals surface area (Å²) in [6, 6.07) is 0. The maximum absolute atomic E-state index is 6.29. The Bertz CT molecular complexity index is 737. The van der Waals surface area contributed by atoms with Gasteiger partial charge in [-0.2, -0.15) is 0 Å². The number of ether oxygens (including phenoxy) is 1. The first-order chi connectivity index (χ1) is 14.2. The van der Waals surface area contributed by atoms with Crippen molar-refractivity contribution in [2.75, 3.05) is 7.11 Å². The number of methoxy groups -OCH3 is 1. The van der Waals surface area contributed by atoms with Crippen LogP contribution in [0.2, 0.25) is 0 Å². The van der Waals surface area contributed by atoms with Gasteiger partial charge in [-0.15, -0.1) is 0 Å². The van der Waals surface area contributed by atoms with Crippen LogP contribution in [0, 0.1) is 57.7 Å². The van der Waals surface area contributed by atoms with Gasteiger partial charge < -0.3 is 4.74 Å². The maximum Gasteiger partial charge on any atom is 0.0638 e. The molecule has 0 aromatic carbocycles. The van der Waals surface area contributed by atoms with E-state index in [1.165, 1.54) is 56.9 Å². The maximum atomic E-state index is 6.29. The van der Waals surface area contributed by atoms with Gasteiger partial charge in [0.2, 0.25) is 0 Å². The molecule has 5 saturated carbocycles. The van der Waals surface area contributed by atoms with Crippen molar-refractivity contribution in [3.8, 4) is 0 Å². The fourth-order valence-electron chi connectivity index (χ4n) is 10.1. The van der Waals surface area contributed by atoms with Gasteiger partial charge in [0.25, 0.3) is 0 Å². The first-order valence-corrected chi connectivity index (χ1v) is 13.1. The van der Waals surface area contributed by atoms with Crippen LogP contribution >= 0.6 is 0 Å². The SMILES string of the molecule is C=C(C)[C@H](C)/C=C/[C@@H](C)[C@H]1CC[C@H]2[C@@H]3C[C@@H](OC)[C@]45C[C@H]4CC[C@]5(C)[C@H]3CC[C@]12C. The van der Waals surface area contributed by atoms with Gasteiger partial charge in [0, 0.05) is 12.5 Å². The van der Waals surface area contributed by atoms with Gasteiger partial charge in [-0.25, -0.2) is 0 Å². The minimum absolute atomic E-state index is 0.499. The Morgan fingerprint density at radius 2 is 1.80 bits per heavy atom. The quantitative estimate of drug-likeness (QED) is 0.422. The topological polar surface area (TPSA) is 9.23 Å². The molecule has 5 fully saturated rings. The zero-order valence-corrected chi connectivity index (χ0v) is 20.5. The number of rotatable bonds is 5. The second-order valence-corrected chi connectivity index (χ2v) is 12.8. The molecule has 30 heavy (non-hydrogen) atoms. The Morgan fingerprint density at radius 3 is 2.47 bits per heavy atom. The summed E-state index contributed by atoms with van der Waals surface area (Å²) in [5.41, 5.74) is 2.92. The van der Waals surface area contributed by atoms with Crippen molar-refractivity contribution in [2.24, 2.45) is 57.7 Å². The highest BCUT2D eigenvalue weighted by Gasteiger charge is 2.77. The summed E-state index contributed by atoms with van der Waals surface area (Å²) < 4.78 is 6.29. The lowest BCUT2D eigenvalue weighted by atomic mass is 9.45. The van der Waals surface area contributed by atoms with Gasteiger partial charge in [-0.3, -0.25) is 0 Å². The average molecular weight is 411 g/mol. The van der Waals surface area contributed by atoms with E-state index in [1.807, 2.05) is 7.11 Å². The molecule has 0 saturated heterocycles. The molecule has 168 valence electrons. The van der Waals surface area contributed by atoms with Crippen molar-refractivity contribution < 1.29 is 4.74 Å². The fourth-order valence-corrected chi connectivity index (χ4v) is 10.1. The van der Waals surface area contributed by atoms with Gasteiger partial charge >= 0.3 is 0 Å². The van der Waals surface area contributed by atoms with Crippen molar-refractivity contribution >= 4 is 0 Å². The van der Waals surface area contributed by atoms with E-state index in [0.717, 1.165) is 29.6 Å². The van der Waals surface area contributed by atoms with Crippen molar-refractivity contribution in [3.05, 3.63) is 24.3 Å². The summed E-state index contributed by atoms with van der Waals surface area (Å²) in [5, 5.41) is 0. The molecule has 5 rings (SSSR count). The van der Waals surface area contributed by atoms with E-state index in [-0.39, 0.29) is 0 Å². The Labute approximate surface area is 186 Å². The predicted molar refractivity (Wildman–Crippen MR) is 126 cm³/mol. The molecule has 5 aliphatic rings. The Kier molecular flexibility index (Phi) is 4.95. The molecular formula is C29H46O. The average Bonchev–Trinajstić information content (AvgIpc) is 3.22. The monoisotopic (exact) mass is 410 g/mol. The fraction of sp³-hybridized carbons (Fsp3) is 0.862. The molecule has 0 unspecified atom stereocenters. The zero-order valence-electron chi connectivity index (χ0n) is 20.5. The lowest BCUT2D eigenvalue weighted by Crippen LogP contribution is -2.57. The normalized spacial score (nSPS) is 53.5. The van der Waals surface area contributed by atoms with Gasteiger partial charge in [-0.1, -0.05) is 52.0 Å². The first-order valence-electron chi connectivity index (χ1n) is 13.1. The molecule has 0 aromatic heterocycles. The van der Waals surface area contributed by atoms with Crippen LogP contribution in [0.4, 0.5) is 0 Å². The predicted octanol–water partition coefficient (Wildman–Crippen LogP) is 7.67. The third kappa shape index (κ3) is 2.63. The molecule has 5 aliphatic carbocycles. The molecule has 0 radical (unpaired) electrons. The van der Waals surface area contributed by atoms with Crippen LogP contribution in [0.3, 0.4) is 0 Å². The van der Waals surface area contributed by atoms with E-state index in [9.17, 15) is 0 Å². The summed E-state index contributed by atoms with van der Waals surface area (Å²) in [6.45, 7) is 16.5. The lowest BCUT2D eigenvalue weighted by Gasteiger charge is -2.61. The van der Waals surface area contributed by atoms with Crippen molar-refractivity contribution in [2.45, 2.75) is 92.1 Å². The lowest BCUT2D eigenvalue weighted by molar-refractivity contribution is -0.160. The Hall–Kier alpha value is -0.560. The highest BCUT2D eigenvalue weighted by Crippen LogP contribution is 2.82. The molecule has 0 heterocycles. The molecule has 0 aromatic rings. The van der Waals surface area contributed by atoms with Crippen LogP contribution in [0.25, 0.3) is 0 Å². The Balaban J connectivity index is 1.39. The van der Waals surface area contributed by atoms with E-state index in [4.69, 9.17) is 4.74 Å². The van der Waals surface area contributed by atoms with E-state index >= 15 is 0 Å². The van der Waals surface area contributed by atoms with Gasteiger partial charge in [0.15, 0.2) is 0 Å². The van der Waals surface area contributed by atoms with Crippen LogP contribution in [0.15, 0.2) is 24.3 Å². The van der Waals surface area contributed by atoms with Crippen molar-refractivity contribution in [1.29, 1.82) is 0 Å². The standard InChI is InChI=1S/C29H46O/c1-18(2)19(3)8-9-20(4)23-10-11-24-22-16-26(30-7)29-17-21(29)12-15-28(29,6)25(22)13-14-27(23,24)5/h8-9,19-26H,1,10-17H2,2-7H3/b9-8+/t19-,20-,21-,22+,23-,24+,25+,26-,27-,28-,29+/m1/s1. The number of allylic oxidation sites excluding steroid dienone is 3. The highest BCUT2D eigenvalue weighted by atomic mass is 16.5. The number of hydrogen-bond donors (Lipinski definition) is 0. The van der Waals surface area contributed by atoms with E-state index in [1.54, 1.807) is 0 Å². The van der Waals surface area contributed by atoms with Crippen LogP contribution in [0.5, 0.6) is 0 Å². The van der Waals surface area contributed by atoms with Crippen LogP contribution in [-0.4, -0.2) is 13.2 Å². The summed E-state index contributed by atoms with van der Waals surface area (Å²) in [4.78, 5) is 0. The zero-order chi connectivity index (χ0) is 21.5. The molecule has 1 nitrogen and oxygen atoms in total. The summed E-state index contributed by atoms with van der Waals surface area (Å²) in [5.74, 6) is 5.79. The second kappa shape index (κ2) is 6.97. The van der Waals surface area contributed by atoms with Crippen LogP contribution < -0.4 is 0 Å².